The summed E-state index contributed by atoms with van der Waals surface area (Å²) in [6.07, 6.45) is 3.52. The van der Waals surface area contributed by atoms with Crippen LogP contribution in [0.15, 0.2) is 24.3 Å². The molecule has 1 N–H and O–H groups in total. The molecule has 17 heavy (non-hydrogen) atoms. The Morgan fingerprint density at radius 2 is 2.06 bits per heavy atom. The van der Waals surface area contributed by atoms with E-state index < -0.39 is 0 Å². The maximum atomic E-state index is 9.01. The number of aliphatic hydroxyl groups is 1. The largest absolute Gasteiger partial charge is 0.396 e. The van der Waals surface area contributed by atoms with Crippen molar-refractivity contribution in [3.63, 3.8) is 0 Å². The smallest absolute Gasteiger partial charge is 0.0434 e. The topological polar surface area (TPSA) is 23.5 Å². The summed E-state index contributed by atoms with van der Waals surface area (Å²) in [4.78, 5) is 2.52. The molecule has 0 spiro atoms. The Balaban J connectivity index is 1.87. The summed E-state index contributed by atoms with van der Waals surface area (Å²) < 4.78 is 0. The average Bonchev–Trinajstić information content (AvgIpc) is 2.33. The number of aryl methyl sites for hydroxylation is 1. The molecule has 1 atom stereocenters. The minimum Gasteiger partial charge on any atom is -0.396 e. The third kappa shape index (κ3) is 3.83. The van der Waals surface area contributed by atoms with E-state index in [2.05, 4.69) is 36.1 Å². The van der Waals surface area contributed by atoms with Gasteiger partial charge in [-0.3, -0.25) is 4.90 Å². The van der Waals surface area contributed by atoms with E-state index in [1.165, 1.54) is 30.5 Å². The standard InChI is InChI=1S/C15H23NO/c1-13-4-6-15(7-5-13)12-16-9-2-3-14(11-16)8-10-17/h4-7,14,17H,2-3,8-12H2,1H3. The van der Waals surface area contributed by atoms with Gasteiger partial charge in [-0.05, 0) is 44.2 Å². The minimum atomic E-state index is 0.336. The predicted octanol–water partition coefficient (Wildman–Crippen LogP) is 2.59. The second kappa shape index (κ2) is 6.18. The summed E-state index contributed by atoms with van der Waals surface area (Å²) in [6, 6.07) is 8.82. The van der Waals surface area contributed by atoms with Crippen molar-refractivity contribution in [1.29, 1.82) is 0 Å². The molecule has 1 aromatic carbocycles. The molecule has 0 aliphatic carbocycles. The van der Waals surface area contributed by atoms with Crippen LogP contribution < -0.4 is 0 Å². The van der Waals surface area contributed by atoms with E-state index in [0.29, 0.717) is 12.5 Å². The van der Waals surface area contributed by atoms with Crippen LogP contribution in [0.5, 0.6) is 0 Å². The second-order valence-corrected chi connectivity index (χ2v) is 5.24. The number of aliphatic hydroxyl groups excluding tert-OH is 1. The lowest BCUT2D eigenvalue weighted by Crippen LogP contribution is -2.35. The lowest BCUT2D eigenvalue weighted by Gasteiger charge is -2.32. The Morgan fingerprint density at radius 3 is 2.76 bits per heavy atom. The number of nitrogens with zero attached hydrogens (tertiary/aromatic N) is 1. The van der Waals surface area contributed by atoms with Crippen molar-refractivity contribution >= 4 is 0 Å². The van der Waals surface area contributed by atoms with Gasteiger partial charge in [0.15, 0.2) is 0 Å². The van der Waals surface area contributed by atoms with Gasteiger partial charge in [-0.1, -0.05) is 29.8 Å². The maximum absolute atomic E-state index is 9.01. The summed E-state index contributed by atoms with van der Waals surface area (Å²) in [7, 11) is 0. The highest BCUT2D eigenvalue weighted by atomic mass is 16.3. The molecule has 1 unspecified atom stereocenters. The van der Waals surface area contributed by atoms with E-state index in [4.69, 9.17) is 5.11 Å². The molecule has 0 amide bonds. The van der Waals surface area contributed by atoms with Crippen molar-refractivity contribution in [1.82, 2.24) is 4.90 Å². The average molecular weight is 233 g/mol. The van der Waals surface area contributed by atoms with Crippen molar-refractivity contribution in [3.8, 4) is 0 Å². The Labute approximate surface area is 104 Å². The van der Waals surface area contributed by atoms with Crippen LogP contribution in [0.3, 0.4) is 0 Å². The van der Waals surface area contributed by atoms with E-state index in [1.807, 2.05) is 0 Å². The van der Waals surface area contributed by atoms with Crippen molar-refractivity contribution < 1.29 is 5.11 Å². The fourth-order valence-corrected chi connectivity index (χ4v) is 2.66. The molecular formula is C15H23NO. The normalized spacial score (nSPS) is 21.6. The Kier molecular flexibility index (Phi) is 4.57. The molecule has 0 radical (unpaired) electrons. The van der Waals surface area contributed by atoms with Crippen LogP contribution >= 0.6 is 0 Å². The Morgan fingerprint density at radius 1 is 1.29 bits per heavy atom. The fraction of sp³-hybridized carbons (Fsp3) is 0.600. The SMILES string of the molecule is Cc1ccc(CN2CCCC(CCO)C2)cc1. The third-order valence-electron chi connectivity index (χ3n) is 3.67. The van der Waals surface area contributed by atoms with Gasteiger partial charge in [0.1, 0.15) is 0 Å². The third-order valence-corrected chi connectivity index (χ3v) is 3.67. The number of hydrogen-bond acceptors (Lipinski definition) is 2. The number of rotatable bonds is 4. The zero-order chi connectivity index (χ0) is 12.1. The monoisotopic (exact) mass is 233 g/mol. The van der Waals surface area contributed by atoms with Gasteiger partial charge in [-0.25, -0.2) is 0 Å². The molecule has 94 valence electrons. The lowest BCUT2D eigenvalue weighted by molar-refractivity contribution is 0.142. The van der Waals surface area contributed by atoms with Gasteiger partial charge < -0.3 is 5.11 Å². The molecule has 1 heterocycles. The molecule has 1 aliphatic rings. The van der Waals surface area contributed by atoms with E-state index >= 15 is 0 Å². The molecule has 1 fully saturated rings. The van der Waals surface area contributed by atoms with Crippen LogP contribution in [0, 0.1) is 12.8 Å². The molecule has 0 saturated carbocycles. The summed E-state index contributed by atoms with van der Waals surface area (Å²) >= 11 is 0. The van der Waals surface area contributed by atoms with Crippen molar-refractivity contribution in [2.24, 2.45) is 5.92 Å². The van der Waals surface area contributed by atoms with Crippen LogP contribution in [-0.2, 0) is 6.54 Å². The van der Waals surface area contributed by atoms with Crippen molar-refractivity contribution in [2.45, 2.75) is 32.7 Å². The van der Waals surface area contributed by atoms with Gasteiger partial charge in [0.05, 0.1) is 0 Å². The number of likely N-dealkylation sites (tertiary alicyclic amines) is 1. The maximum Gasteiger partial charge on any atom is 0.0434 e. The molecule has 1 aliphatic heterocycles. The van der Waals surface area contributed by atoms with Crippen LogP contribution in [0.4, 0.5) is 0 Å². The minimum absolute atomic E-state index is 0.336. The first kappa shape index (κ1) is 12.6. The first-order valence-electron chi connectivity index (χ1n) is 6.66. The second-order valence-electron chi connectivity index (χ2n) is 5.24. The van der Waals surface area contributed by atoms with Gasteiger partial charge in [-0.2, -0.15) is 0 Å². The lowest BCUT2D eigenvalue weighted by atomic mass is 9.95. The van der Waals surface area contributed by atoms with Crippen molar-refractivity contribution in [2.75, 3.05) is 19.7 Å². The van der Waals surface area contributed by atoms with Gasteiger partial charge in [0.2, 0.25) is 0 Å². The highest BCUT2D eigenvalue weighted by Gasteiger charge is 2.19. The molecule has 0 aromatic heterocycles. The molecule has 1 saturated heterocycles. The Hall–Kier alpha value is -0.860. The van der Waals surface area contributed by atoms with Crippen LogP contribution in [0.25, 0.3) is 0 Å². The molecular weight excluding hydrogens is 210 g/mol. The zero-order valence-corrected chi connectivity index (χ0v) is 10.7. The van der Waals surface area contributed by atoms with E-state index in [0.717, 1.165) is 19.5 Å². The zero-order valence-electron chi connectivity index (χ0n) is 10.7. The van der Waals surface area contributed by atoms with Crippen LogP contribution in [0.1, 0.15) is 30.4 Å². The van der Waals surface area contributed by atoms with Gasteiger partial charge in [0, 0.05) is 19.7 Å². The Bertz CT molecular complexity index is 331. The highest BCUT2D eigenvalue weighted by Crippen LogP contribution is 2.20. The van der Waals surface area contributed by atoms with Crippen LogP contribution in [-0.4, -0.2) is 29.7 Å². The van der Waals surface area contributed by atoms with Crippen molar-refractivity contribution in [3.05, 3.63) is 35.4 Å². The molecule has 1 aromatic rings. The molecule has 0 bridgehead atoms. The van der Waals surface area contributed by atoms with E-state index in [1.54, 1.807) is 0 Å². The molecule has 2 nitrogen and oxygen atoms in total. The van der Waals surface area contributed by atoms with Gasteiger partial charge in [-0.15, -0.1) is 0 Å². The first-order chi connectivity index (χ1) is 8.28. The molecule has 2 heteroatoms. The number of benzene rings is 1. The summed E-state index contributed by atoms with van der Waals surface area (Å²) in [5.74, 6) is 0.694. The van der Waals surface area contributed by atoms with E-state index in [9.17, 15) is 0 Å². The quantitative estimate of drug-likeness (QED) is 0.864. The van der Waals surface area contributed by atoms with Crippen LogP contribution in [0.2, 0.25) is 0 Å². The molecule has 2 rings (SSSR count). The summed E-state index contributed by atoms with van der Waals surface area (Å²) in [6.45, 7) is 5.87. The highest BCUT2D eigenvalue weighted by molar-refractivity contribution is 5.21. The first-order valence-corrected chi connectivity index (χ1v) is 6.66. The number of hydrogen-bond donors (Lipinski definition) is 1. The summed E-state index contributed by atoms with van der Waals surface area (Å²) in [5.41, 5.74) is 2.73. The predicted molar refractivity (Wildman–Crippen MR) is 70.9 cm³/mol. The summed E-state index contributed by atoms with van der Waals surface area (Å²) in [5, 5.41) is 9.01. The van der Waals surface area contributed by atoms with E-state index in [-0.39, 0.29) is 0 Å². The van der Waals surface area contributed by atoms with Gasteiger partial charge in [0.25, 0.3) is 0 Å². The number of piperidine rings is 1. The van der Waals surface area contributed by atoms with Gasteiger partial charge >= 0.3 is 0 Å². The fourth-order valence-electron chi connectivity index (χ4n) is 2.66.